The predicted molar refractivity (Wildman–Crippen MR) is 148 cm³/mol. The molecule has 40 heavy (non-hydrogen) atoms. The number of carbonyl (C=O) groups is 1. The van der Waals surface area contributed by atoms with Crippen molar-refractivity contribution in [3.8, 4) is 11.8 Å². The van der Waals surface area contributed by atoms with E-state index in [1.165, 1.54) is 13.2 Å². The summed E-state index contributed by atoms with van der Waals surface area (Å²) < 4.78 is 33.4. The summed E-state index contributed by atoms with van der Waals surface area (Å²) in [7, 11) is 1.41. The molecule has 0 saturated carbocycles. The number of imidazole rings is 1. The summed E-state index contributed by atoms with van der Waals surface area (Å²) in [5.74, 6) is -2.87. The summed E-state index contributed by atoms with van der Waals surface area (Å²) in [5, 5.41) is 23.6. The van der Waals surface area contributed by atoms with Gasteiger partial charge in [-0.3, -0.25) is 4.79 Å². The van der Waals surface area contributed by atoms with Crippen LogP contribution >= 0.6 is 0 Å². The number of fused-ring (bicyclic) bond motifs is 1. The number of carbonyl (C=O) groups excluding carboxylic acids is 1. The number of aromatic nitrogens is 2. The molecule has 0 aliphatic heterocycles. The van der Waals surface area contributed by atoms with Gasteiger partial charge in [0.05, 0.1) is 35.3 Å². The first-order valence-corrected chi connectivity index (χ1v) is 12.2. The molecule has 0 unspecified atom stereocenters. The maximum atomic E-state index is 14.0. The Morgan fingerprint density at radius 2 is 1.80 bits per heavy atom. The van der Waals surface area contributed by atoms with Crippen LogP contribution in [0.5, 0.6) is 5.75 Å². The molecule has 0 fully saturated rings. The second-order valence-electron chi connectivity index (χ2n) is 8.89. The van der Waals surface area contributed by atoms with Crippen molar-refractivity contribution in [2.24, 2.45) is 0 Å². The van der Waals surface area contributed by atoms with Gasteiger partial charge in [-0.25, -0.2) is 13.8 Å². The number of halogens is 2. The van der Waals surface area contributed by atoms with Gasteiger partial charge in [0.25, 0.3) is 0 Å². The molecule has 0 atom stereocenters. The maximum absolute atomic E-state index is 14.0. The number of ketones is 1. The molecule has 0 bridgehead atoms. The van der Waals surface area contributed by atoms with Crippen LogP contribution in [0.1, 0.15) is 32.9 Å². The topological polar surface area (TPSA) is 111 Å². The first-order valence-electron chi connectivity index (χ1n) is 12.2. The number of hydrogen-bond acceptors (Lipinski definition) is 6. The monoisotopic (exact) mass is 536 g/mol. The van der Waals surface area contributed by atoms with E-state index in [1.54, 1.807) is 48.5 Å². The van der Waals surface area contributed by atoms with Crippen molar-refractivity contribution in [1.29, 1.82) is 5.26 Å². The number of aliphatic hydroxyl groups excluding tert-OH is 1. The molecule has 3 N–H and O–H groups in total. The van der Waals surface area contributed by atoms with Gasteiger partial charge in [-0.2, -0.15) is 5.26 Å². The summed E-state index contributed by atoms with van der Waals surface area (Å²) in [6.07, 6.45) is 0. The fourth-order valence-electron chi connectivity index (χ4n) is 4.32. The van der Waals surface area contributed by atoms with E-state index in [2.05, 4.69) is 21.4 Å². The molecule has 0 spiro atoms. The van der Waals surface area contributed by atoms with Crippen molar-refractivity contribution in [2.45, 2.75) is 6.54 Å². The highest BCUT2D eigenvalue weighted by Crippen LogP contribution is 2.32. The molecule has 0 amide bonds. The summed E-state index contributed by atoms with van der Waals surface area (Å²) in [4.78, 5) is 21.3. The van der Waals surface area contributed by atoms with Crippen LogP contribution in [-0.2, 0) is 6.54 Å². The number of Topliss-reactive ketones (excluding diaryl/α,β-unsaturated/α-hetero) is 1. The Bertz CT molecular complexity index is 1800. The van der Waals surface area contributed by atoms with Crippen LogP contribution in [0.15, 0.2) is 84.9 Å². The molecule has 4 aromatic carbocycles. The van der Waals surface area contributed by atoms with Crippen molar-refractivity contribution in [1.82, 2.24) is 9.97 Å². The third kappa shape index (κ3) is 5.37. The number of aliphatic hydroxyl groups is 1. The van der Waals surface area contributed by atoms with Crippen LogP contribution < -0.4 is 10.1 Å². The highest BCUT2D eigenvalue weighted by Gasteiger charge is 2.26. The van der Waals surface area contributed by atoms with Gasteiger partial charge in [0.15, 0.2) is 0 Å². The molecular formula is C31H22F2N4O3. The van der Waals surface area contributed by atoms with E-state index in [0.29, 0.717) is 29.2 Å². The second kappa shape index (κ2) is 11.1. The molecule has 7 nitrogen and oxygen atoms in total. The molecular weight excluding hydrogens is 514 g/mol. The normalized spacial score (nSPS) is 11.6. The Morgan fingerprint density at radius 3 is 2.55 bits per heavy atom. The number of nitrogens with zero attached hydrogens (tertiary/aromatic N) is 2. The number of nitrogens with one attached hydrogen (secondary N) is 2. The lowest BCUT2D eigenvalue weighted by Crippen LogP contribution is -2.09. The maximum Gasteiger partial charge on any atom is 0.204 e. The lowest BCUT2D eigenvalue weighted by molar-refractivity contribution is 0.105. The molecule has 0 aliphatic rings. The van der Waals surface area contributed by atoms with Crippen molar-refractivity contribution in [3.05, 3.63) is 125 Å². The zero-order valence-electron chi connectivity index (χ0n) is 21.2. The van der Waals surface area contributed by atoms with Gasteiger partial charge in [0.2, 0.25) is 5.78 Å². The van der Waals surface area contributed by atoms with Gasteiger partial charge < -0.3 is 20.1 Å². The number of H-pyrrole nitrogens is 1. The average Bonchev–Trinajstić information content (AvgIpc) is 3.38. The van der Waals surface area contributed by atoms with E-state index in [4.69, 9.17) is 10.00 Å². The van der Waals surface area contributed by atoms with Crippen molar-refractivity contribution < 1.29 is 23.4 Å². The molecule has 0 saturated heterocycles. The first-order chi connectivity index (χ1) is 19.4. The number of para-hydroxylation sites is 1. The van der Waals surface area contributed by atoms with E-state index >= 15 is 0 Å². The Morgan fingerprint density at radius 1 is 1.02 bits per heavy atom. The number of ether oxygens (including phenoxy) is 1. The van der Waals surface area contributed by atoms with Crippen molar-refractivity contribution in [2.75, 3.05) is 12.4 Å². The summed E-state index contributed by atoms with van der Waals surface area (Å²) >= 11 is 0. The minimum absolute atomic E-state index is 0.00643. The highest BCUT2D eigenvalue weighted by atomic mass is 19.1. The van der Waals surface area contributed by atoms with Crippen LogP contribution in [0.2, 0.25) is 0 Å². The van der Waals surface area contributed by atoms with E-state index in [1.807, 2.05) is 12.1 Å². The van der Waals surface area contributed by atoms with E-state index in [9.17, 15) is 18.7 Å². The summed E-state index contributed by atoms with van der Waals surface area (Å²) in [6, 6.07) is 23.6. The lowest BCUT2D eigenvalue weighted by atomic mass is 9.98. The van der Waals surface area contributed by atoms with Crippen LogP contribution in [0.25, 0.3) is 22.4 Å². The van der Waals surface area contributed by atoms with Gasteiger partial charge in [-0.15, -0.1) is 0 Å². The fourth-order valence-corrected chi connectivity index (χ4v) is 4.32. The highest BCUT2D eigenvalue weighted by molar-refractivity contribution is 6.33. The van der Waals surface area contributed by atoms with Crippen LogP contribution in [0, 0.1) is 23.0 Å². The predicted octanol–water partition coefficient (Wildman–Crippen LogP) is 6.64. The zero-order valence-corrected chi connectivity index (χ0v) is 21.2. The molecule has 5 rings (SSSR count). The van der Waals surface area contributed by atoms with E-state index in [-0.39, 0.29) is 28.3 Å². The number of methoxy groups -OCH3 is 1. The molecule has 9 heteroatoms. The Kier molecular flexibility index (Phi) is 7.25. The van der Waals surface area contributed by atoms with Gasteiger partial charge in [-0.1, -0.05) is 24.3 Å². The molecule has 0 radical (unpaired) electrons. The van der Waals surface area contributed by atoms with Gasteiger partial charge >= 0.3 is 0 Å². The minimum atomic E-state index is -0.911. The quantitative estimate of drug-likeness (QED) is 0.116. The Hall–Kier alpha value is -5.49. The SMILES string of the molecule is COc1ccccc1C(=O)/C(=C(\O)c1cc(F)cc(F)c1)c1nc2ccc(NCc3cccc(C#N)c3)cc2[nH]1. The Labute approximate surface area is 228 Å². The van der Waals surface area contributed by atoms with E-state index < -0.39 is 23.2 Å². The number of anilines is 1. The number of nitriles is 1. The van der Waals surface area contributed by atoms with Gasteiger partial charge in [-0.05, 0) is 60.2 Å². The number of benzene rings is 4. The largest absolute Gasteiger partial charge is 0.506 e. The Balaban J connectivity index is 1.57. The number of rotatable bonds is 8. The first kappa shape index (κ1) is 26.1. The molecule has 0 aliphatic carbocycles. The smallest absolute Gasteiger partial charge is 0.204 e. The van der Waals surface area contributed by atoms with Crippen LogP contribution in [0.3, 0.4) is 0 Å². The lowest BCUT2D eigenvalue weighted by Gasteiger charge is -2.11. The summed E-state index contributed by atoms with van der Waals surface area (Å²) in [5.41, 5.74) is 2.89. The number of allylic oxidation sites excluding steroid dienone is 1. The summed E-state index contributed by atoms with van der Waals surface area (Å²) in [6.45, 7) is 0.464. The van der Waals surface area contributed by atoms with Crippen LogP contribution in [0.4, 0.5) is 14.5 Å². The van der Waals surface area contributed by atoms with Crippen molar-refractivity contribution >= 4 is 33.8 Å². The second-order valence-corrected chi connectivity index (χ2v) is 8.89. The third-order valence-electron chi connectivity index (χ3n) is 6.22. The number of aromatic amines is 1. The van der Waals surface area contributed by atoms with Gasteiger partial charge in [0.1, 0.15) is 34.5 Å². The number of hydrogen-bond donors (Lipinski definition) is 3. The zero-order chi connectivity index (χ0) is 28.2. The van der Waals surface area contributed by atoms with E-state index in [0.717, 1.165) is 23.4 Å². The third-order valence-corrected chi connectivity index (χ3v) is 6.22. The van der Waals surface area contributed by atoms with Crippen molar-refractivity contribution in [3.63, 3.8) is 0 Å². The van der Waals surface area contributed by atoms with Gasteiger partial charge in [0, 0.05) is 23.9 Å². The molecule has 5 aromatic rings. The van der Waals surface area contributed by atoms with Crippen LogP contribution in [-0.4, -0.2) is 28.0 Å². The average molecular weight is 537 g/mol. The standard InChI is InChI=1S/C31H22F2N4O3/c1-40-27-8-3-2-7-24(27)30(39)28(29(38)20-12-21(32)14-22(33)13-20)31-36-25-10-9-23(15-26(25)37-31)35-17-19-6-4-5-18(11-19)16-34/h2-15,35,38H,17H2,1H3,(H,36,37)/b29-28+. The molecule has 1 heterocycles. The fraction of sp³-hybridized carbons (Fsp3) is 0.0645. The minimum Gasteiger partial charge on any atom is -0.506 e. The molecule has 198 valence electrons. The molecule has 1 aromatic heterocycles.